The number of imide groups is 1. The molecule has 0 aromatic rings. The zero-order valence-corrected chi connectivity index (χ0v) is 12.6. The van der Waals surface area contributed by atoms with Crippen LogP contribution in [0, 0.1) is 23.7 Å². The van der Waals surface area contributed by atoms with E-state index in [4.69, 9.17) is 0 Å². The first kappa shape index (κ1) is 14.3. The van der Waals surface area contributed by atoms with E-state index in [0.717, 1.165) is 19.3 Å². The SMILES string of the molecule is CCCCN(C)C(=O)CN1C(=O)[C@H]2[C@H](C1=O)[C@H]1C=C[C@H]2C1. The third-order valence-corrected chi connectivity index (χ3v) is 5.13. The van der Waals surface area contributed by atoms with Gasteiger partial charge < -0.3 is 4.90 Å². The fourth-order valence-corrected chi connectivity index (χ4v) is 3.90. The molecule has 21 heavy (non-hydrogen) atoms. The summed E-state index contributed by atoms with van der Waals surface area (Å²) < 4.78 is 0. The van der Waals surface area contributed by atoms with Crippen LogP contribution in [0.15, 0.2) is 12.2 Å². The van der Waals surface area contributed by atoms with Crippen LogP contribution in [0.2, 0.25) is 0 Å². The molecule has 0 N–H and O–H groups in total. The maximum Gasteiger partial charge on any atom is 0.242 e. The van der Waals surface area contributed by atoms with E-state index in [9.17, 15) is 14.4 Å². The van der Waals surface area contributed by atoms with Crippen molar-refractivity contribution in [3.05, 3.63) is 12.2 Å². The largest absolute Gasteiger partial charge is 0.344 e. The number of likely N-dealkylation sites (tertiary alicyclic amines) is 1. The molecule has 114 valence electrons. The molecule has 1 heterocycles. The Morgan fingerprint density at radius 2 is 1.81 bits per heavy atom. The minimum absolute atomic E-state index is 0.0929. The Labute approximate surface area is 125 Å². The molecule has 1 saturated heterocycles. The average Bonchev–Trinajstić information content (AvgIpc) is 3.14. The number of allylic oxidation sites excluding steroid dienone is 2. The number of hydrogen-bond donors (Lipinski definition) is 0. The van der Waals surface area contributed by atoms with Crippen LogP contribution in [0.5, 0.6) is 0 Å². The molecular formula is C16H22N2O3. The highest BCUT2D eigenvalue weighted by Gasteiger charge is 2.59. The Balaban J connectivity index is 1.66. The summed E-state index contributed by atoms with van der Waals surface area (Å²) in [5.41, 5.74) is 0. The second-order valence-electron chi connectivity index (χ2n) is 6.43. The number of rotatable bonds is 5. The van der Waals surface area contributed by atoms with Crippen molar-refractivity contribution in [2.24, 2.45) is 23.7 Å². The third kappa shape index (κ3) is 2.19. The molecule has 0 unspecified atom stereocenters. The van der Waals surface area contributed by atoms with Crippen molar-refractivity contribution < 1.29 is 14.4 Å². The van der Waals surface area contributed by atoms with E-state index < -0.39 is 0 Å². The van der Waals surface area contributed by atoms with Crippen LogP contribution in [0.25, 0.3) is 0 Å². The molecular weight excluding hydrogens is 268 g/mol. The summed E-state index contributed by atoms with van der Waals surface area (Å²) in [4.78, 5) is 39.9. The normalized spacial score (nSPS) is 33.0. The third-order valence-electron chi connectivity index (χ3n) is 5.13. The molecule has 1 saturated carbocycles. The topological polar surface area (TPSA) is 57.7 Å². The molecule has 0 spiro atoms. The predicted molar refractivity (Wildman–Crippen MR) is 77.0 cm³/mol. The lowest BCUT2D eigenvalue weighted by Crippen LogP contribution is -2.42. The van der Waals surface area contributed by atoms with Crippen LogP contribution >= 0.6 is 0 Å². The minimum Gasteiger partial charge on any atom is -0.344 e. The van der Waals surface area contributed by atoms with E-state index in [2.05, 4.69) is 19.1 Å². The van der Waals surface area contributed by atoms with Crippen molar-refractivity contribution in [1.29, 1.82) is 0 Å². The molecule has 0 aromatic heterocycles. The lowest BCUT2D eigenvalue weighted by molar-refractivity contribution is -0.146. The van der Waals surface area contributed by atoms with Crippen molar-refractivity contribution in [2.45, 2.75) is 26.2 Å². The summed E-state index contributed by atoms with van der Waals surface area (Å²) in [7, 11) is 1.73. The van der Waals surface area contributed by atoms with E-state index >= 15 is 0 Å². The van der Waals surface area contributed by atoms with Crippen LogP contribution in [0.1, 0.15) is 26.2 Å². The lowest BCUT2D eigenvalue weighted by atomic mass is 9.85. The fraction of sp³-hybridized carbons (Fsp3) is 0.688. The zero-order valence-electron chi connectivity index (χ0n) is 12.6. The van der Waals surface area contributed by atoms with Gasteiger partial charge in [0.2, 0.25) is 17.7 Å². The monoisotopic (exact) mass is 290 g/mol. The summed E-state index contributed by atoms with van der Waals surface area (Å²) in [6, 6.07) is 0. The van der Waals surface area contributed by atoms with Crippen LogP contribution in [-0.4, -0.2) is 47.7 Å². The van der Waals surface area contributed by atoms with Gasteiger partial charge in [0.25, 0.3) is 0 Å². The van der Waals surface area contributed by atoms with Crippen LogP contribution in [0.3, 0.4) is 0 Å². The minimum atomic E-state index is -0.207. The molecule has 3 aliphatic rings. The Kier molecular flexibility index (Phi) is 3.59. The van der Waals surface area contributed by atoms with Gasteiger partial charge in [0.05, 0.1) is 11.8 Å². The molecule has 0 radical (unpaired) electrons. The summed E-state index contributed by atoms with van der Waals surface area (Å²) in [6.45, 7) is 2.64. The lowest BCUT2D eigenvalue weighted by Gasteiger charge is -2.21. The standard InChI is InChI=1S/C16H22N2O3/c1-3-4-7-17(2)12(19)9-18-15(20)13-10-5-6-11(8-10)14(13)16(18)21/h5-6,10-11,13-14H,3-4,7-9H2,1-2H3/t10-,11-,13+,14+/m0/s1. The smallest absolute Gasteiger partial charge is 0.242 e. The first-order valence-corrected chi connectivity index (χ1v) is 7.82. The van der Waals surface area contributed by atoms with Gasteiger partial charge in [-0.15, -0.1) is 0 Å². The Bertz CT molecular complexity index is 484. The Morgan fingerprint density at radius 3 is 2.33 bits per heavy atom. The molecule has 3 amide bonds. The number of nitrogens with zero attached hydrogens (tertiary/aromatic N) is 2. The van der Waals surface area contributed by atoms with Gasteiger partial charge in [0.1, 0.15) is 6.54 Å². The van der Waals surface area contributed by atoms with Crippen LogP contribution in [-0.2, 0) is 14.4 Å². The number of likely N-dealkylation sites (N-methyl/N-ethyl adjacent to an activating group) is 1. The van der Waals surface area contributed by atoms with Crippen molar-refractivity contribution >= 4 is 17.7 Å². The predicted octanol–water partition coefficient (Wildman–Crippen LogP) is 1.05. The molecule has 5 nitrogen and oxygen atoms in total. The van der Waals surface area contributed by atoms with Gasteiger partial charge in [-0.05, 0) is 24.7 Å². The zero-order chi connectivity index (χ0) is 15.1. The Morgan fingerprint density at radius 1 is 1.24 bits per heavy atom. The first-order valence-electron chi connectivity index (χ1n) is 7.82. The van der Waals surface area contributed by atoms with Gasteiger partial charge in [0.15, 0.2) is 0 Å². The van der Waals surface area contributed by atoms with E-state index in [1.54, 1.807) is 11.9 Å². The van der Waals surface area contributed by atoms with Gasteiger partial charge >= 0.3 is 0 Å². The number of carbonyl (C=O) groups excluding carboxylic acids is 3. The van der Waals surface area contributed by atoms with Gasteiger partial charge in [-0.25, -0.2) is 0 Å². The summed E-state index contributed by atoms with van der Waals surface area (Å²) >= 11 is 0. The molecule has 1 aliphatic heterocycles. The highest BCUT2D eigenvalue weighted by Crippen LogP contribution is 2.52. The second-order valence-corrected chi connectivity index (χ2v) is 6.43. The molecule has 2 bridgehead atoms. The van der Waals surface area contributed by atoms with Crippen molar-refractivity contribution in [2.75, 3.05) is 20.1 Å². The first-order chi connectivity index (χ1) is 10.0. The molecule has 2 fully saturated rings. The maximum absolute atomic E-state index is 12.5. The fourth-order valence-electron chi connectivity index (χ4n) is 3.90. The summed E-state index contributed by atoms with van der Waals surface area (Å²) in [5.74, 6) is -0.435. The molecule has 3 rings (SSSR count). The number of unbranched alkanes of at least 4 members (excludes halogenated alkanes) is 1. The van der Waals surface area contributed by atoms with Crippen LogP contribution in [0.4, 0.5) is 0 Å². The highest BCUT2D eigenvalue weighted by atomic mass is 16.2. The van der Waals surface area contributed by atoms with Crippen molar-refractivity contribution in [3.63, 3.8) is 0 Å². The number of fused-ring (bicyclic) bond motifs is 5. The van der Waals surface area contributed by atoms with E-state index in [1.165, 1.54) is 4.90 Å². The molecule has 2 aliphatic carbocycles. The van der Waals surface area contributed by atoms with E-state index in [-0.39, 0.29) is 47.9 Å². The van der Waals surface area contributed by atoms with Crippen LogP contribution < -0.4 is 0 Å². The van der Waals surface area contributed by atoms with Gasteiger partial charge in [-0.1, -0.05) is 25.5 Å². The quantitative estimate of drug-likeness (QED) is 0.562. The van der Waals surface area contributed by atoms with Crippen molar-refractivity contribution in [3.8, 4) is 0 Å². The van der Waals surface area contributed by atoms with Gasteiger partial charge in [0, 0.05) is 13.6 Å². The second kappa shape index (κ2) is 5.28. The van der Waals surface area contributed by atoms with Crippen molar-refractivity contribution in [1.82, 2.24) is 9.80 Å². The Hall–Kier alpha value is -1.65. The van der Waals surface area contributed by atoms with Gasteiger partial charge in [-0.3, -0.25) is 19.3 Å². The molecule has 0 aromatic carbocycles. The highest BCUT2D eigenvalue weighted by molar-refractivity contribution is 6.08. The van der Waals surface area contributed by atoms with E-state index in [1.807, 2.05) is 0 Å². The number of hydrogen-bond acceptors (Lipinski definition) is 3. The summed E-state index contributed by atoms with van der Waals surface area (Å²) in [6.07, 6.45) is 7.00. The molecule has 4 atom stereocenters. The van der Waals surface area contributed by atoms with E-state index in [0.29, 0.717) is 6.54 Å². The summed E-state index contributed by atoms with van der Waals surface area (Å²) in [5, 5.41) is 0. The number of amides is 3. The number of carbonyl (C=O) groups is 3. The van der Waals surface area contributed by atoms with Gasteiger partial charge in [-0.2, -0.15) is 0 Å². The molecule has 5 heteroatoms. The average molecular weight is 290 g/mol. The maximum atomic E-state index is 12.5.